The van der Waals surface area contributed by atoms with Crippen LogP contribution < -0.4 is 15.8 Å². The molecule has 0 fully saturated rings. The smallest absolute Gasteiger partial charge is 0.121 e. The minimum atomic E-state index is 0.281. The summed E-state index contributed by atoms with van der Waals surface area (Å²) in [4.78, 5) is 0. The Morgan fingerprint density at radius 3 is 2.70 bits per heavy atom. The van der Waals surface area contributed by atoms with Crippen LogP contribution in [0.25, 0.3) is 0 Å². The number of nitrogens with two attached hydrogens (primary N) is 1. The molecule has 114 valence electrons. The summed E-state index contributed by atoms with van der Waals surface area (Å²) in [5, 5.41) is 3.48. The summed E-state index contributed by atoms with van der Waals surface area (Å²) in [6, 6.07) is 8.36. The quantitative estimate of drug-likeness (QED) is 0.692. The minimum absolute atomic E-state index is 0.281. The van der Waals surface area contributed by atoms with E-state index in [0.717, 1.165) is 30.9 Å². The van der Waals surface area contributed by atoms with Crippen molar-refractivity contribution in [3.05, 3.63) is 24.3 Å². The highest BCUT2D eigenvalue weighted by atomic mass is 16.5. The van der Waals surface area contributed by atoms with Crippen LogP contribution in [0.3, 0.4) is 0 Å². The summed E-state index contributed by atoms with van der Waals surface area (Å²) < 4.78 is 11.0. The first-order valence-corrected chi connectivity index (χ1v) is 7.34. The molecule has 1 atom stereocenters. The number of hydrogen-bond acceptors (Lipinski definition) is 4. The van der Waals surface area contributed by atoms with E-state index in [0.29, 0.717) is 19.1 Å². The average Bonchev–Trinajstić information content (AvgIpc) is 2.43. The first-order chi connectivity index (χ1) is 9.65. The van der Waals surface area contributed by atoms with Crippen molar-refractivity contribution in [1.29, 1.82) is 0 Å². The first kappa shape index (κ1) is 16.8. The van der Waals surface area contributed by atoms with Gasteiger partial charge in [-0.1, -0.05) is 19.9 Å². The highest BCUT2D eigenvalue weighted by Crippen LogP contribution is 2.19. The van der Waals surface area contributed by atoms with Crippen molar-refractivity contribution < 1.29 is 9.47 Å². The molecule has 1 aromatic carbocycles. The number of nitrogens with one attached hydrogen (secondary N) is 1. The largest absolute Gasteiger partial charge is 0.493 e. The van der Waals surface area contributed by atoms with Crippen LogP contribution in [0.5, 0.6) is 5.75 Å². The van der Waals surface area contributed by atoms with E-state index in [2.05, 4.69) is 19.2 Å². The molecule has 0 saturated heterocycles. The van der Waals surface area contributed by atoms with Gasteiger partial charge in [-0.15, -0.1) is 0 Å². The predicted molar refractivity (Wildman–Crippen MR) is 84.4 cm³/mol. The number of hydrogen-bond donors (Lipinski definition) is 2. The lowest BCUT2D eigenvalue weighted by Gasteiger charge is -2.19. The molecule has 0 aliphatic rings. The molecule has 20 heavy (non-hydrogen) atoms. The first-order valence-electron chi connectivity index (χ1n) is 7.34. The van der Waals surface area contributed by atoms with Gasteiger partial charge >= 0.3 is 0 Å². The Labute approximate surface area is 122 Å². The Bertz CT molecular complexity index is 369. The number of benzene rings is 1. The Morgan fingerprint density at radius 1 is 1.25 bits per heavy atom. The SMILES string of the molecule is COCC(CCCN)Nc1cccc(OCC(C)C)c1. The second-order valence-corrected chi connectivity index (χ2v) is 5.46. The molecule has 3 N–H and O–H groups in total. The molecule has 0 spiro atoms. The molecule has 0 heterocycles. The van der Waals surface area contributed by atoms with Crippen molar-refractivity contribution >= 4 is 5.69 Å². The van der Waals surface area contributed by atoms with Gasteiger partial charge in [0.25, 0.3) is 0 Å². The summed E-state index contributed by atoms with van der Waals surface area (Å²) in [5.74, 6) is 1.43. The van der Waals surface area contributed by atoms with Crippen LogP contribution in [0, 0.1) is 5.92 Å². The number of methoxy groups -OCH3 is 1. The van der Waals surface area contributed by atoms with Gasteiger partial charge in [0.15, 0.2) is 0 Å². The average molecular weight is 280 g/mol. The summed E-state index contributed by atoms with van der Waals surface area (Å²) in [6.07, 6.45) is 1.99. The monoisotopic (exact) mass is 280 g/mol. The van der Waals surface area contributed by atoms with Gasteiger partial charge in [0.2, 0.25) is 0 Å². The van der Waals surface area contributed by atoms with Crippen LogP contribution in [0.4, 0.5) is 5.69 Å². The van der Waals surface area contributed by atoms with E-state index in [4.69, 9.17) is 15.2 Å². The molecule has 0 aliphatic heterocycles. The van der Waals surface area contributed by atoms with Gasteiger partial charge in [-0.3, -0.25) is 0 Å². The molecule has 1 aromatic rings. The van der Waals surface area contributed by atoms with Crippen LogP contribution >= 0.6 is 0 Å². The van der Waals surface area contributed by atoms with Crippen molar-refractivity contribution in [2.24, 2.45) is 11.7 Å². The second-order valence-electron chi connectivity index (χ2n) is 5.46. The van der Waals surface area contributed by atoms with E-state index in [1.165, 1.54) is 0 Å². The normalized spacial score (nSPS) is 12.4. The van der Waals surface area contributed by atoms with Crippen LogP contribution in [-0.2, 0) is 4.74 Å². The third-order valence-electron chi connectivity index (χ3n) is 2.91. The van der Waals surface area contributed by atoms with Gasteiger partial charge in [-0.05, 0) is 37.4 Å². The minimum Gasteiger partial charge on any atom is -0.493 e. The van der Waals surface area contributed by atoms with Gasteiger partial charge in [0.1, 0.15) is 5.75 Å². The Kier molecular flexibility index (Phi) is 8.07. The summed E-state index contributed by atoms with van der Waals surface area (Å²) >= 11 is 0. The lowest BCUT2D eigenvalue weighted by atomic mass is 10.1. The van der Waals surface area contributed by atoms with Gasteiger partial charge in [0.05, 0.1) is 13.2 Å². The fraction of sp³-hybridized carbons (Fsp3) is 0.625. The maximum absolute atomic E-state index is 5.74. The highest BCUT2D eigenvalue weighted by Gasteiger charge is 2.08. The fourth-order valence-corrected chi connectivity index (χ4v) is 1.94. The molecule has 1 rings (SSSR count). The van der Waals surface area contributed by atoms with Gasteiger partial charge in [0, 0.05) is 24.9 Å². The van der Waals surface area contributed by atoms with Crippen molar-refractivity contribution in [2.45, 2.75) is 32.7 Å². The number of rotatable bonds is 10. The lowest BCUT2D eigenvalue weighted by molar-refractivity contribution is 0.182. The van der Waals surface area contributed by atoms with Crippen molar-refractivity contribution in [1.82, 2.24) is 0 Å². The number of anilines is 1. The maximum Gasteiger partial charge on any atom is 0.121 e. The summed E-state index contributed by atoms with van der Waals surface area (Å²) in [6.45, 7) is 6.40. The molecule has 0 saturated carbocycles. The van der Waals surface area contributed by atoms with Crippen molar-refractivity contribution in [3.8, 4) is 5.75 Å². The van der Waals surface area contributed by atoms with E-state index in [1.54, 1.807) is 7.11 Å². The Morgan fingerprint density at radius 2 is 2.05 bits per heavy atom. The van der Waals surface area contributed by atoms with E-state index in [9.17, 15) is 0 Å². The second kappa shape index (κ2) is 9.61. The third-order valence-corrected chi connectivity index (χ3v) is 2.91. The molecular formula is C16H28N2O2. The standard InChI is InChI=1S/C16H28N2O2/c1-13(2)11-20-16-8-4-6-14(10-16)18-15(12-19-3)7-5-9-17/h4,6,8,10,13,15,18H,5,7,9,11-12,17H2,1-3H3. The molecule has 0 bridgehead atoms. The molecule has 0 radical (unpaired) electrons. The van der Waals surface area contributed by atoms with Crippen LogP contribution in [0.15, 0.2) is 24.3 Å². The maximum atomic E-state index is 5.74. The topological polar surface area (TPSA) is 56.5 Å². The van der Waals surface area contributed by atoms with Gasteiger partial charge < -0.3 is 20.5 Å². The van der Waals surface area contributed by atoms with Crippen LogP contribution in [-0.4, -0.2) is 32.9 Å². The Hall–Kier alpha value is -1.26. The van der Waals surface area contributed by atoms with E-state index in [-0.39, 0.29) is 6.04 Å². The molecule has 0 aromatic heterocycles. The van der Waals surface area contributed by atoms with Crippen LogP contribution in [0.1, 0.15) is 26.7 Å². The van der Waals surface area contributed by atoms with E-state index < -0.39 is 0 Å². The fourth-order valence-electron chi connectivity index (χ4n) is 1.94. The zero-order valence-corrected chi connectivity index (χ0v) is 12.9. The van der Waals surface area contributed by atoms with Crippen LogP contribution in [0.2, 0.25) is 0 Å². The van der Waals surface area contributed by atoms with Gasteiger partial charge in [-0.2, -0.15) is 0 Å². The highest BCUT2D eigenvalue weighted by molar-refractivity contribution is 5.48. The molecule has 4 nitrogen and oxygen atoms in total. The van der Waals surface area contributed by atoms with Crippen molar-refractivity contribution in [3.63, 3.8) is 0 Å². The molecular weight excluding hydrogens is 252 g/mol. The molecule has 0 aliphatic carbocycles. The summed E-state index contributed by atoms with van der Waals surface area (Å²) in [5.41, 5.74) is 6.63. The predicted octanol–water partition coefficient (Wildman–Crippen LogP) is 2.89. The van der Waals surface area contributed by atoms with Crippen molar-refractivity contribution in [2.75, 3.05) is 32.2 Å². The molecule has 0 amide bonds. The summed E-state index contributed by atoms with van der Waals surface area (Å²) in [7, 11) is 1.72. The lowest BCUT2D eigenvalue weighted by Crippen LogP contribution is -2.25. The van der Waals surface area contributed by atoms with E-state index in [1.807, 2.05) is 24.3 Å². The number of ether oxygens (including phenoxy) is 2. The van der Waals surface area contributed by atoms with Gasteiger partial charge in [-0.25, -0.2) is 0 Å². The molecule has 4 heteroatoms. The Balaban J connectivity index is 2.57. The zero-order chi connectivity index (χ0) is 14.8. The zero-order valence-electron chi connectivity index (χ0n) is 12.9. The third kappa shape index (κ3) is 6.78. The molecule has 1 unspecified atom stereocenters. The van der Waals surface area contributed by atoms with E-state index >= 15 is 0 Å².